The second-order valence-electron chi connectivity index (χ2n) is 4.39. The highest BCUT2D eigenvalue weighted by molar-refractivity contribution is 14.0. The molecule has 0 aliphatic heterocycles. The van der Waals surface area contributed by atoms with Crippen LogP contribution in [0.1, 0.15) is 11.1 Å². The van der Waals surface area contributed by atoms with E-state index in [1.165, 1.54) is 17.7 Å². The second kappa shape index (κ2) is 9.33. The van der Waals surface area contributed by atoms with Gasteiger partial charge in [-0.2, -0.15) is 0 Å². The van der Waals surface area contributed by atoms with E-state index in [0.29, 0.717) is 13.1 Å². The molecule has 0 aliphatic carbocycles. The van der Waals surface area contributed by atoms with Crippen LogP contribution in [-0.2, 0) is 13.1 Å². The van der Waals surface area contributed by atoms with Crippen LogP contribution in [0.25, 0.3) is 0 Å². The Morgan fingerprint density at radius 2 is 1.43 bits per heavy atom. The third kappa shape index (κ3) is 6.12. The summed E-state index contributed by atoms with van der Waals surface area (Å²) < 4.78 is 12.8. The van der Waals surface area contributed by atoms with E-state index in [9.17, 15) is 4.39 Å². The zero-order valence-corrected chi connectivity index (χ0v) is 14.2. The lowest BCUT2D eigenvalue weighted by molar-refractivity contribution is 0.626. The Kier molecular flexibility index (Phi) is 7.74. The lowest BCUT2D eigenvalue weighted by atomic mass is 10.2. The van der Waals surface area contributed by atoms with E-state index in [-0.39, 0.29) is 29.8 Å². The van der Waals surface area contributed by atoms with E-state index in [1.807, 2.05) is 18.2 Å². The van der Waals surface area contributed by atoms with Crippen LogP contribution >= 0.6 is 24.0 Å². The summed E-state index contributed by atoms with van der Waals surface area (Å²) >= 11 is 0. The maximum Gasteiger partial charge on any atom is 0.191 e. The highest BCUT2D eigenvalue weighted by Gasteiger charge is 1.99. The molecule has 2 rings (SSSR count). The molecule has 0 heterocycles. The van der Waals surface area contributed by atoms with Gasteiger partial charge in [0.1, 0.15) is 5.82 Å². The van der Waals surface area contributed by atoms with Gasteiger partial charge in [0.2, 0.25) is 0 Å². The van der Waals surface area contributed by atoms with Gasteiger partial charge < -0.3 is 10.6 Å². The third-order valence-electron chi connectivity index (χ3n) is 2.90. The average Bonchev–Trinajstić information content (AvgIpc) is 2.50. The molecule has 0 fully saturated rings. The lowest BCUT2D eigenvalue weighted by Gasteiger charge is -2.12. The van der Waals surface area contributed by atoms with Crippen molar-refractivity contribution in [2.75, 3.05) is 7.05 Å². The number of guanidine groups is 1. The van der Waals surface area contributed by atoms with E-state index in [2.05, 4.69) is 27.8 Å². The number of nitrogens with zero attached hydrogens (tertiary/aromatic N) is 1. The van der Waals surface area contributed by atoms with Gasteiger partial charge in [0.05, 0.1) is 0 Å². The molecule has 0 saturated carbocycles. The van der Waals surface area contributed by atoms with Crippen molar-refractivity contribution in [2.45, 2.75) is 13.1 Å². The molecule has 2 N–H and O–H groups in total. The molecular weight excluding hydrogens is 380 g/mol. The van der Waals surface area contributed by atoms with Crippen LogP contribution in [0.4, 0.5) is 4.39 Å². The summed E-state index contributed by atoms with van der Waals surface area (Å²) in [5.41, 5.74) is 2.20. The number of benzene rings is 2. The molecule has 3 nitrogen and oxygen atoms in total. The number of aliphatic imine (C=N–C) groups is 1. The summed E-state index contributed by atoms with van der Waals surface area (Å²) in [4.78, 5) is 4.16. The number of rotatable bonds is 4. The fourth-order valence-corrected chi connectivity index (χ4v) is 1.79. The van der Waals surface area contributed by atoms with Gasteiger partial charge in [-0.25, -0.2) is 4.39 Å². The Hall–Kier alpha value is -1.63. The molecule has 2 aromatic rings. The van der Waals surface area contributed by atoms with Crippen molar-refractivity contribution in [3.63, 3.8) is 0 Å². The molecule has 0 bridgehead atoms. The lowest BCUT2D eigenvalue weighted by Crippen LogP contribution is -2.36. The van der Waals surface area contributed by atoms with Gasteiger partial charge in [0.15, 0.2) is 5.96 Å². The summed E-state index contributed by atoms with van der Waals surface area (Å²) in [7, 11) is 1.73. The van der Waals surface area contributed by atoms with Crippen molar-refractivity contribution in [3.8, 4) is 0 Å². The molecule has 0 amide bonds. The summed E-state index contributed by atoms with van der Waals surface area (Å²) in [5.74, 6) is 0.499. The molecule has 2 aromatic carbocycles. The first-order chi connectivity index (χ1) is 9.78. The van der Waals surface area contributed by atoms with Crippen molar-refractivity contribution < 1.29 is 4.39 Å². The van der Waals surface area contributed by atoms with Crippen LogP contribution < -0.4 is 10.6 Å². The third-order valence-corrected chi connectivity index (χ3v) is 2.90. The van der Waals surface area contributed by atoms with Crippen molar-refractivity contribution >= 4 is 29.9 Å². The van der Waals surface area contributed by atoms with Crippen LogP contribution in [0.15, 0.2) is 59.6 Å². The maximum atomic E-state index is 12.8. The van der Waals surface area contributed by atoms with Crippen LogP contribution in [0, 0.1) is 5.82 Å². The van der Waals surface area contributed by atoms with Crippen LogP contribution in [0.5, 0.6) is 0 Å². The second-order valence-corrected chi connectivity index (χ2v) is 4.39. The summed E-state index contributed by atoms with van der Waals surface area (Å²) in [6.07, 6.45) is 0. The Morgan fingerprint density at radius 3 is 1.95 bits per heavy atom. The zero-order chi connectivity index (χ0) is 14.2. The largest absolute Gasteiger partial charge is 0.352 e. The molecule has 0 radical (unpaired) electrons. The predicted octanol–water partition coefficient (Wildman–Crippen LogP) is 3.31. The van der Waals surface area contributed by atoms with Crippen molar-refractivity contribution in [1.82, 2.24) is 10.6 Å². The van der Waals surface area contributed by atoms with E-state index in [0.717, 1.165) is 11.5 Å². The van der Waals surface area contributed by atoms with Crippen molar-refractivity contribution in [1.29, 1.82) is 0 Å². The molecule has 0 aromatic heterocycles. The van der Waals surface area contributed by atoms with Gasteiger partial charge in [-0.3, -0.25) is 4.99 Å². The van der Waals surface area contributed by atoms with Crippen molar-refractivity contribution in [3.05, 3.63) is 71.5 Å². The normalized spacial score (nSPS) is 10.7. The molecule has 0 unspecified atom stereocenters. The zero-order valence-electron chi connectivity index (χ0n) is 11.8. The highest BCUT2D eigenvalue weighted by atomic mass is 127. The van der Waals surface area contributed by atoms with E-state index in [1.54, 1.807) is 19.2 Å². The van der Waals surface area contributed by atoms with Crippen LogP contribution in [0.2, 0.25) is 0 Å². The molecule has 0 spiro atoms. The minimum Gasteiger partial charge on any atom is -0.352 e. The van der Waals surface area contributed by atoms with Gasteiger partial charge in [-0.15, -0.1) is 24.0 Å². The molecular formula is C16H19FIN3. The molecule has 21 heavy (non-hydrogen) atoms. The molecule has 5 heteroatoms. The number of nitrogens with one attached hydrogen (secondary N) is 2. The maximum absolute atomic E-state index is 12.8. The monoisotopic (exact) mass is 399 g/mol. The van der Waals surface area contributed by atoms with Gasteiger partial charge >= 0.3 is 0 Å². The van der Waals surface area contributed by atoms with Crippen LogP contribution in [-0.4, -0.2) is 13.0 Å². The summed E-state index contributed by atoms with van der Waals surface area (Å²) in [5, 5.41) is 6.42. The first-order valence-corrected chi connectivity index (χ1v) is 6.51. The first kappa shape index (κ1) is 17.4. The Labute approximate surface area is 141 Å². The standard InChI is InChI=1S/C16H18FN3.HI/c1-18-16(19-11-13-5-3-2-4-6-13)20-12-14-7-9-15(17)10-8-14;/h2-10H,11-12H2,1H3,(H2,18,19,20);1H. The Balaban J connectivity index is 0.00000220. The number of hydrogen-bond donors (Lipinski definition) is 2. The van der Waals surface area contributed by atoms with Crippen molar-refractivity contribution in [2.24, 2.45) is 4.99 Å². The smallest absolute Gasteiger partial charge is 0.191 e. The van der Waals surface area contributed by atoms with E-state index in [4.69, 9.17) is 0 Å². The minimum atomic E-state index is -0.222. The van der Waals surface area contributed by atoms with Gasteiger partial charge in [0, 0.05) is 20.1 Å². The average molecular weight is 399 g/mol. The highest BCUT2D eigenvalue weighted by Crippen LogP contribution is 2.02. The number of hydrogen-bond acceptors (Lipinski definition) is 1. The SMILES string of the molecule is CN=C(NCc1ccccc1)NCc1ccc(F)cc1.I. The first-order valence-electron chi connectivity index (χ1n) is 6.51. The summed E-state index contributed by atoms with van der Waals surface area (Å²) in [6.45, 7) is 1.32. The van der Waals surface area contributed by atoms with Gasteiger partial charge in [-0.1, -0.05) is 42.5 Å². The Morgan fingerprint density at radius 1 is 0.905 bits per heavy atom. The van der Waals surface area contributed by atoms with Gasteiger partial charge in [-0.05, 0) is 23.3 Å². The fraction of sp³-hybridized carbons (Fsp3) is 0.188. The number of halogens is 2. The van der Waals surface area contributed by atoms with Gasteiger partial charge in [0.25, 0.3) is 0 Å². The molecule has 112 valence electrons. The minimum absolute atomic E-state index is 0. The quantitative estimate of drug-likeness (QED) is 0.470. The van der Waals surface area contributed by atoms with Crippen LogP contribution in [0.3, 0.4) is 0 Å². The fourth-order valence-electron chi connectivity index (χ4n) is 1.79. The predicted molar refractivity (Wildman–Crippen MR) is 95.3 cm³/mol. The molecule has 0 saturated heterocycles. The van der Waals surface area contributed by atoms with E-state index < -0.39 is 0 Å². The van der Waals surface area contributed by atoms with E-state index >= 15 is 0 Å². The topological polar surface area (TPSA) is 36.4 Å². The Bertz CT molecular complexity index is 555. The molecule has 0 aliphatic rings. The molecule has 0 atom stereocenters. The summed E-state index contributed by atoms with van der Waals surface area (Å²) in [6, 6.07) is 16.5.